The van der Waals surface area contributed by atoms with Gasteiger partial charge in [-0.05, 0) is 60.7 Å². The maximum atomic E-state index is 11.1. The van der Waals surface area contributed by atoms with E-state index in [0.717, 1.165) is 17.0 Å². The maximum Gasteiger partial charge on any atom is 0.336 e. The van der Waals surface area contributed by atoms with Gasteiger partial charge in [0.15, 0.2) is 0 Å². The summed E-state index contributed by atoms with van der Waals surface area (Å²) in [6, 6.07) is 10.3. The minimum Gasteiger partial charge on any atom is -0.478 e. The highest BCUT2D eigenvalue weighted by atomic mass is 17.1. The van der Waals surface area contributed by atoms with Gasteiger partial charge >= 0.3 is 5.97 Å². The first kappa shape index (κ1) is 21.5. The van der Waals surface area contributed by atoms with Crippen LogP contribution in [0.25, 0.3) is 0 Å². The summed E-state index contributed by atoms with van der Waals surface area (Å²) in [5, 5.41) is 25.8. The van der Waals surface area contributed by atoms with E-state index in [1.807, 2.05) is 13.0 Å². The van der Waals surface area contributed by atoms with E-state index in [0.29, 0.717) is 16.9 Å². The zero-order chi connectivity index (χ0) is 19.7. The molecule has 0 amide bonds. The van der Waals surface area contributed by atoms with Crippen molar-refractivity contribution in [2.75, 3.05) is 0 Å². The Morgan fingerprint density at radius 3 is 2.00 bits per heavy atom. The number of azo groups is 1. The van der Waals surface area contributed by atoms with Crippen LogP contribution >= 0.6 is 0 Å². The van der Waals surface area contributed by atoms with E-state index >= 15 is 0 Å². The fourth-order valence-corrected chi connectivity index (χ4v) is 1.96. The largest absolute Gasteiger partial charge is 0.478 e. The molecule has 140 valence electrons. The summed E-state index contributed by atoms with van der Waals surface area (Å²) in [6.45, 7) is 10.2. The van der Waals surface area contributed by atoms with Gasteiger partial charge in [0.1, 0.15) is 6.61 Å². The van der Waals surface area contributed by atoms with Crippen molar-refractivity contribution >= 4 is 17.3 Å². The van der Waals surface area contributed by atoms with Crippen molar-refractivity contribution in [3.63, 3.8) is 0 Å². The molecule has 0 aromatic heterocycles. The minimum atomic E-state index is -0.993. The van der Waals surface area contributed by atoms with Crippen LogP contribution in [-0.2, 0) is 11.5 Å². The van der Waals surface area contributed by atoms with Crippen LogP contribution in [0.1, 0.15) is 47.8 Å². The summed E-state index contributed by atoms with van der Waals surface area (Å²) in [4.78, 5) is 15.2. The van der Waals surface area contributed by atoms with Gasteiger partial charge in [-0.3, -0.25) is 5.26 Å². The average molecular weight is 358 g/mol. The van der Waals surface area contributed by atoms with Crippen molar-refractivity contribution in [3.8, 4) is 0 Å². The number of rotatable bonds is 5. The third-order valence-corrected chi connectivity index (χ3v) is 3.29. The van der Waals surface area contributed by atoms with Crippen molar-refractivity contribution in [1.82, 2.24) is 0 Å². The van der Waals surface area contributed by atoms with Crippen molar-refractivity contribution in [2.24, 2.45) is 16.1 Å². The standard InChI is InChI=1S/C16H16N2O4.C4H10/c1-10-3-5-13(7-12(10)9-22-21)17-18-14-6-4-11(2)15(8-14)16(19)20;1-4(2)3/h3-8,21H,9H2,1-2H3,(H,19,20);4H,1-3H3. The van der Waals surface area contributed by atoms with Crippen LogP contribution in [0.4, 0.5) is 11.4 Å². The quantitative estimate of drug-likeness (QED) is 0.385. The minimum absolute atomic E-state index is 0.0723. The first-order chi connectivity index (χ1) is 12.2. The summed E-state index contributed by atoms with van der Waals surface area (Å²) >= 11 is 0. The molecule has 0 aliphatic heterocycles. The highest BCUT2D eigenvalue weighted by Crippen LogP contribution is 2.23. The van der Waals surface area contributed by atoms with Crippen LogP contribution in [0.5, 0.6) is 0 Å². The molecule has 0 radical (unpaired) electrons. The summed E-state index contributed by atoms with van der Waals surface area (Å²) in [6.07, 6.45) is 0. The zero-order valence-electron chi connectivity index (χ0n) is 15.9. The summed E-state index contributed by atoms with van der Waals surface area (Å²) in [5.74, 6) is -0.160. The van der Waals surface area contributed by atoms with Crippen molar-refractivity contribution in [3.05, 3.63) is 58.7 Å². The molecule has 0 spiro atoms. The Morgan fingerprint density at radius 2 is 1.50 bits per heavy atom. The normalized spacial score (nSPS) is 10.7. The van der Waals surface area contributed by atoms with E-state index in [2.05, 4.69) is 35.9 Å². The van der Waals surface area contributed by atoms with Gasteiger partial charge in [0, 0.05) is 0 Å². The van der Waals surface area contributed by atoms with Gasteiger partial charge in [-0.15, -0.1) is 0 Å². The van der Waals surface area contributed by atoms with E-state index in [1.165, 1.54) is 6.07 Å². The number of hydrogen-bond donors (Lipinski definition) is 2. The molecule has 2 N–H and O–H groups in total. The molecule has 0 bridgehead atoms. The Labute approximate surface area is 154 Å². The second-order valence-electron chi connectivity index (χ2n) is 6.62. The number of nitrogens with zero attached hydrogens (tertiary/aromatic N) is 2. The van der Waals surface area contributed by atoms with Crippen LogP contribution in [0.3, 0.4) is 0 Å². The van der Waals surface area contributed by atoms with E-state index in [-0.39, 0.29) is 12.2 Å². The van der Waals surface area contributed by atoms with Gasteiger partial charge in [-0.1, -0.05) is 32.9 Å². The molecule has 0 heterocycles. The number of carbonyl (C=O) groups is 1. The molecule has 0 aliphatic rings. The molecular weight excluding hydrogens is 332 g/mol. The Balaban J connectivity index is 0.000000765. The van der Waals surface area contributed by atoms with Gasteiger partial charge in [0.2, 0.25) is 0 Å². The van der Waals surface area contributed by atoms with E-state index in [9.17, 15) is 4.79 Å². The molecule has 26 heavy (non-hydrogen) atoms. The van der Waals surface area contributed by atoms with Crippen molar-refractivity contribution in [1.29, 1.82) is 0 Å². The van der Waals surface area contributed by atoms with Gasteiger partial charge in [0.25, 0.3) is 0 Å². The van der Waals surface area contributed by atoms with Gasteiger partial charge in [0.05, 0.1) is 16.9 Å². The second kappa shape index (κ2) is 10.4. The van der Waals surface area contributed by atoms with E-state index in [1.54, 1.807) is 31.2 Å². The Kier molecular flexibility index (Phi) is 8.61. The predicted octanol–water partition coefficient (Wildman–Crippen LogP) is 6.07. The Hall–Kier alpha value is -2.57. The maximum absolute atomic E-state index is 11.1. The van der Waals surface area contributed by atoms with Crippen LogP contribution in [0.15, 0.2) is 46.6 Å². The smallest absolute Gasteiger partial charge is 0.336 e. The summed E-state index contributed by atoms with van der Waals surface area (Å²) in [5.41, 5.74) is 3.70. The lowest BCUT2D eigenvalue weighted by molar-refractivity contribution is -0.253. The summed E-state index contributed by atoms with van der Waals surface area (Å²) in [7, 11) is 0. The molecule has 2 aromatic rings. The van der Waals surface area contributed by atoms with E-state index in [4.69, 9.17) is 10.4 Å². The van der Waals surface area contributed by atoms with Crippen molar-refractivity contribution < 1.29 is 20.0 Å². The van der Waals surface area contributed by atoms with Gasteiger partial charge in [-0.25, -0.2) is 9.68 Å². The Bertz CT molecular complexity index is 768. The number of benzene rings is 2. The van der Waals surface area contributed by atoms with Crippen LogP contribution in [0, 0.1) is 19.8 Å². The molecular formula is C20H26N2O4. The molecule has 0 saturated carbocycles. The van der Waals surface area contributed by atoms with Crippen LogP contribution in [-0.4, -0.2) is 16.3 Å². The molecule has 6 heteroatoms. The topological polar surface area (TPSA) is 91.5 Å². The third kappa shape index (κ3) is 7.13. The molecule has 0 atom stereocenters. The molecule has 2 aromatic carbocycles. The SMILES string of the molecule is CC(C)C.Cc1ccc(N=Nc2ccc(C)c(C(=O)O)c2)cc1COO. The average Bonchev–Trinajstić information content (AvgIpc) is 2.56. The lowest BCUT2D eigenvalue weighted by Gasteiger charge is -2.04. The number of hydrogen-bond acceptors (Lipinski definition) is 5. The predicted molar refractivity (Wildman–Crippen MR) is 101 cm³/mol. The van der Waals surface area contributed by atoms with Crippen LogP contribution < -0.4 is 0 Å². The first-order valence-corrected chi connectivity index (χ1v) is 8.36. The third-order valence-electron chi connectivity index (χ3n) is 3.29. The second-order valence-corrected chi connectivity index (χ2v) is 6.62. The number of aryl methyl sites for hydroxylation is 2. The van der Waals surface area contributed by atoms with Crippen LogP contribution in [0.2, 0.25) is 0 Å². The molecule has 0 aliphatic carbocycles. The highest BCUT2D eigenvalue weighted by Gasteiger charge is 2.07. The zero-order valence-corrected chi connectivity index (χ0v) is 15.9. The molecule has 0 saturated heterocycles. The lowest BCUT2D eigenvalue weighted by atomic mass is 10.1. The van der Waals surface area contributed by atoms with Crippen molar-refractivity contribution in [2.45, 2.75) is 41.2 Å². The van der Waals surface area contributed by atoms with Gasteiger partial charge < -0.3 is 5.11 Å². The highest BCUT2D eigenvalue weighted by molar-refractivity contribution is 5.90. The fraction of sp³-hybridized carbons (Fsp3) is 0.350. The van der Waals surface area contributed by atoms with E-state index < -0.39 is 5.97 Å². The van der Waals surface area contributed by atoms with Gasteiger partial charge in [-0.2, -0.15) is 10.2 Å². The number of carboxylic acid groups (broad SMARTS) is 1. The number of carboxylic acids is 1. The first-order valence-electron chi connectivity index (χ1n) is 8.36. The molecule has 0 unspecified atom stereocenters. The fourth-order valence-electron chi connectivity index (χ4n) is 1.96. The Morgan fingerprint density at radius 1 is 1.00 bits per heavy atom. The molecule has 0 fully saturated rings. The monoisotopic (exact) mass is 358 g/mol. The lowest BCUT2D eigenvalue weighted by Crippen LogP contribution is -1.98. The molecule has 2 rings (SSSR count). The number of aromatic carboxylic acids is 1. The molecule has 6 nitrogen and oxygen atoms in total. The summed E-state index contributed by atoms with van der Waals surface area (Å²) < 4.78 is 0.